The largest absolute Gasteiger partial charge is 0.506 e. The number of carbonyl (C=O) groups excluding carboxylic acids is 2. The lowest BCUT2D eigenvalue weighted by molar-refractivity contribution is -0.132. The second kappa shape index (κ2) is 10.9. The van der Waals surface area contributed by atoms with Crippen molar-refractivity contribution in [3.05, 3.63) is 82.4 Å². The third-order valence-corrected chi connectivity index (χ3v) is 6.54. The zero-order chi connectivity index (χ0) is 27.6. The third kappa shape index (κ3) is 4.53. The number of ketones is 1. The molecule has 3 aromatic rings. The van der Waals surface area contributed by atoms with Crippen LogP contribution in [0.2, 0.25) is 0 Å². The van der Waals surface area contributed by atoms with Crippen LogP contribution in [0, 0.1) is 13.8 Å². The first-order valence-electron chi connectivity index (χ1n) is 12.2. The van der Waals surface area contributed by atoms with E-state index in [-0.39, 0.29) is 11.1 Å². The smallest absolute Gasteiger partial charge is 0.300 e. The number of methoxy groups -OCH3 is 3. The second-order valence-corrected chi connectivity index (χ2v) is 8.84. The Morgan fingerprint density at radius 1 is 0.868 bits per heavy atom. The molecule has 38 heavy (non-hydrogen) atoms. The first-order chi connectivity index (χ1) is 18.3. The quantitative estimate of drug-likeness (QED) is 0.244. The van der Waals surface area contributed by atoms with Crippen LogP contribution in [0.5, 0.6) is 23.0 Å². The highest BCUT2D eigenvalue weighted by Crippen LogP contribution is 2.47. The van der Waals surface area contributed by atoms with Crippen molar-refractivity contribution in [2.45, 2.75) is 26.8 Å². The SMILES string of the molecule is CCOc1cc(C2/C(=C(\O)c3c(OC)cccc3OC)C(=O)C(=O)N2c2cc(C)ccc2C)ccc1OC. The first kappa shape index (κ1) is 26.6. The Kier molecular flexibility index (Phi) is 7.62. The van der Waals surface area contributed by atoms with Gasteiger partial charge in [-0.2, -0.15) is 0 Å². The molecule has 1 fully saturated rings. The molecule has 1 saturated heterocycles. The fourth-order valence-corrected chi connectivity index (χ4v) is 4.73. The zero-order valence-electron chi connectivity index (χ0n) is 22.3. The van der Waals surface area contributed by atoms with E-state index < -0.39 is 23.5 Å². The van der Waals surface area contributed by atoms with Crippen LogP contribution in [0.25, 0.3) is 5.76 Å². The van der Waals surface area contributed by atoms with E-state index in [0.29, 0.717) is 40.9 Å². The number of aliphatic hydroxyl groups is 1. The number of hydrogen-bond acceptors (Lipinski definition) is 7. The van der Waals surface area contributed by atoms with Gasteiger partial charge in [0.1, 0.15) is 22.8 Å². The molecule has 1 aliphatic heterocycles. The lowest BCUT2D eigenvalue weighted by atomic mass is 9.94. The van der Waals surface area contributed by atoms with Crippen molar-refractivity contribution in [3.8, 4) is 23.0 Å². The minimum Gasteiger partial charge on any atom is -0.506 e. The molecule has 1 atom stereocenters. The molecule has 1 N–H and O–H groups in total. The van der Waals surface area contributed by atoms with Gasteiger partial charge in [-0.1, -0.05) is 24.3 Å². The van der Waals surface area contributed by atoms with Gasteiger partial charge in [0, 0.05) is 5.69 Å². The number of nitrogens with zero attached hydrogens (tertiary/aromatic N) is 1. The van der Waals surface area contributed by atoms with Crippen molar-refractivity contribution in [1.82, 2.24) is 0 Å². The molecular weight excluding hydrogens is 486 g/mol. The zero-order valence-corrected chi connectivity index (χ0v) is 22.3. The normalized spacial score (nSPS) is 16.5. The number of benzene rings is 3. The van der Waals surface area contributed by atoms with Gasteiger partial charge in [0.05, 0.1) is 39.6 Å². The summed E-state index contributed by atoms with van der Waals surface area (Å²) in [6.45, 7) is 6.01. The summed E-state index contributed by atoms with van der Waals surface area (Å²) in [6.07, 6.45) is 0. The van der Waals surface area contributed by atoms with Gasteiger partial charge in [0.25, 0.3) is 11.7 Å². The number of Topliss-reactive ketones (excluding diaryl/α,β-unsaturated/α-hetero) is 1. The number of ether oxygens (including phenoxy) is 4. The number of aryl methyl sites for hydroxylation is 2. The van der Waals surface area contributed by atoms with E-state index in [1.165, 1.54) is 26.2 Å². The van der Waals surface area contributed by atoms with E-state index in [1.807, 2.05) is 39.0 Å². The number of carbonyl (C=O) groups is 2. The van der Waals surface area contributed by atoms with E-state index in [0.717, 1.165) is 11.1 Å². The van der Waals surface area contributed by atoms with E-state index in [4.69, 9.17) is 18.9 Å². The molecule has 8 nitrogen and oxygen atoms in total. The second-order valence-electron chi connectivity index (χ2n) is 8.84. The van der Waals surface area contributed by atoms with Crippen LogP contribution in [0.3, 0.4) is 0 Å². The van der Waals surface area contributed by atoms with Crippen molar-refractivity contribution in [2.75, 3.05) is 32.8 Å². The molecule has 1 heterocycles. The molecule has 0 saturated carbocycles. The Labute approximate surface area is 222 Å². The average Bonchev–Trinajstić information content (AvgIpc) is 3.19. The van der Waals surface area contributed by atoms with Crippen molar-refractivity contribution in [3.63, 3.8) is 0 Å². The fraction of sp³-hybridized carbons (Fsp3) is 0.267. The van der Waals surface area contributed by atoms with Crippen LogP contribution >= 0.6 is 0 Å². The molecule has 0 radical (unpaired) electrons. The highest BCUT2D eigenvalue weighted by atomic mass is 16.5. The predicted molar refractivity (Wildman–Crippen MR) is 144 cm³/mol. The molecule has 0 aliphatic carbocycles. The molecule has 8 heteroatoms. The van der Waals surface area contributed by atoms with Crippen LogP contribution in [0.4, 0.5) is 5.69 Å². The van der Waals surface area contributed by atoms with Crippen molar-refractivity contribution < 1.29 is 33.6 Å². The lowest BCUT2D eigenvalue weighted by Gasteiger charge is -2.28. The molecule has 4 rings (SSSR count). The van der Waals surface area contributed by atoms with Gasteiger partial charge in [-0.3, -0.25) is 14.5 Å². The van der Waals surface area contributed by atoms with Crippen LogP contribution in [-0.2, 0) is 9.59 Å². The molecule has 1 amide bonds. The molecule has 0 aromatic heterocycles. The molecular formula is C30H31NO7. The van der Waals surface area contributed by atoms with Gasteiger partial charge in [0.15, 0.2) is 11.5 Å². The van der Waals surface area contributed by atoms with Crippen molar-refractivity contribution >= 4 is 23.1 Å². The van der Waals surface area contributed by atoms with Gasteiger partial charge < -0.3 is 24.1 Å². The summed E-state index contributed by atoms with van der Waals surface area (Å²) in [6, 6.07) is 14.9. The maximum atomic E-state index is 13.7. The number of rotatable bonds is 8. The summed E-state index contributed by atoms with van der Waals surface area (Å²) in [5.41, 5.74) is 2.94. The summed E-state index contributed by atoms with van der Waals surface area (Å²) >= 11 is 0. The van der Waals surface area contributed by atoms with Gasteiger partial charge in [-0.25, -0.2) is 0 Å². The third-order valence-electron chi connectivity index (χ3n) is 6.54. The highest BCUT2D eigenvalue weighted by Gasteiger charge is 2.48. The lowest BCUT2D eigenvalue weighted by Crippen LogP contribution is -2.30. The van der Waals surface area contributed by atoms with Crippen LogP contribution in [0.15, 0.2) is 60.2 Å². The fourth-order valence-electron chi connectivity index (χ4n) is 4.73. The molecule has 0 bridgehead atoms. The topological polar surface area (TPSA) is 94.5 Å². The Morgan fingerprint density at radius 3 is 2.13 bits per heavy atom. The molecule has 3 aromatic carbocycles. The Hall–Kier alpha value is -4.46. The maximum Gasteiger partial charge on any atom is 0.300 e. The predicted octanol–water partition coefficient (Wildman–Crippen LogP) is 5.35. The van der Waals surface area contributed by atoms with Crippen LogP contribution in [0.1, 0.15) is 35.2 Å². The summed E-state index contributed by atoms with van der Waals surface area (Å²) < 4.78 is 22.2. The minimum absolute atomic E-state index is 0.0914. The van der Waals surface area contributed by atoms with E-state index in [9.17, 15) is 14.7 Å². The summed E-state index contributed by atoms with van der Waals surface area (Å²) in [5, 5.41) is 11.7. The molecule has 1 aliphatic rings. The number of aliphatic hydroxyl groups excluding tert-OH is 1. The van der Waals surface area contributed by atoms with Gasteiger partial charge >= 0.3 is 0 Å². The van der Waals surface area contributed by atoms with Crippen molar-refractivity contribution in [2.24, 2.45) is 0 Å². The average molecular weight is 518 g/mol. The molecule has 198 valence electrons. The Morgan fingerprint density at radius 2 is 1.53 bits per heavy atom. The number of anilines is 1. The summed E-state index contributed by atoms with van der Waals surface area (Å²) in [7, 11) is 4.44. The summed E-state index contributed by atoms with van der Waals surface area (Å²) in [4.78, 5) is 28.8. The maximum absolute atomic E-state index is 13.7. The number of hydrogen-bond donors (Lipinski definition) is 1. The van der Waals surface area contributed by atoms with E-state index in [1.54, 1.807) is 36.4 Å². The standard InChI is InChI=1S/C30H31NO7/c1-7-38-24-16-19(13-14-21(24)35-4)27-26(28(32)25-22(36-5)9-8-10-23(25)37-6)29(33)30(34)31(27)20-15-17(2)11-12-18(20)3/h8-16,27,32H,7H2,1-6H3/b28-26+. The summed E-state index contributed by atoms with van der Waals surface area (Å²) in [5.74, 6) is -0.432. The first-order valence-corrected chi connectivity index (χ1v) is 12.2. The highest BCUT2D eigenvalue weighted by molar-refractivity contribution is 6.52. The molecule has 1 unspecified atom stereocenters. The Balaban J connectivity index is 2.06. The van der Waals surface area contributed by atoms with Gasteiger partial charge in [-0.05, 0) is 67.8 Å². The minimum atomic E-state index is -0.963. The van der Waals surface area contributed by atoms with Crippen LogP contribution in [-0.4, -0.2) is 44.7 Å². The van der Waals surface area contributed by atoms with Gasteiger partial charge in [-0.15, -0.1) is 0 Å². The number of amides is 1. The Bertz CT molecular complexity index is 1400. The van der Waals surface area contributed by atoms with Crippen molar-refractivity contribution in [1.29, 1.82) is 0 Å². The molecule has 0 spiro atoms. The van der Waals surface area contributed by atoms with E-state index >= 15 is 0 Å². The van der Waals surface area contributed by atoms with E-state index in [2.05, 4.69) is 0 Å². The van der Waals surface area contributed by atoms with Gasteiger partial charge in [0.2, 0.25) is 0 Å². The van der Waals surface area contributed by atoms with Crippen LogP contribution < -0.4 is 23.8 Å². The monoisotopic (exact) mass is 517 g/mol.